The van der Waals surface area contributed by atoms with Gasteiger partial charge in [-0.05, 0) is 55.5 Å². The standard InChI is InChI=1S/C22H21BrFN3O/c23-17-5-3-15(4-6-17)21-25-19-8-7-18(24)11-20(19)27(21)13-14-9-10-26(12-14)22(28)16-1-2-16/h3-8,11,14,16H,1-2,9-10,12-13H2/t14-/m0/s1. The summed E-state index contributed by atoms with van der Waals surface area (Å²) in [7, 11) is 0. The number of rotatable bonds is 4. The second-order valence-electron chi connectivity index (χ2n) is 7.90. The Morgan fingerprint density at radius 1 is 1.14 bits per heavy atom. The maximum atomic E-state index is 14.0. The van der Waals surface area contributed by atoms with Crippen LogP contribution in [0.4, 0.5) is 4.39 Å². The quantitative estimate of drug-likeness (QED) is 0.579. The summed E-state index contributed by atoms with van der Waals surface area (Å²) in [6.07, 6.45) is 3.06. The van der Waals surface area contributed by atoms with Gasteiger partial charge in [-0.2, -0.15) is 0 Å². The molecule has 2 heterocycles. The monoisotopic (exact) mass is 441 g/mol. The Hall–Kier alpha value is -2.21. The van der Waals surface area contributed by atoms with E-state index in [1.54, 1.807) is 12.1 Å². The van der Waals surface area contributed by atoms with Gasteiger partial charge in [0.15, 0.2) is 0 Å². The molecule has 5 rings (SSSR count). The third kappa shape index (κ3) is 3.34. The van der Waals surface area contributed by atoms with Gasteiger partial charge in [-0.3, -0.25) is 4.79 Å². The second-order valence-corrected chi connectivity index (χ2v) is 8.81. The summed E-state index contributed by atoms with van der Waals surface area (Å²) in [5.41, 5.74) is 2.61. The number of benzene rings is 2. The maximum Gasteiger partial charge on any atom is 0.225 e. The molecule has 1 saturated carbocycles. The van der Waals surface area contributed by atoms with Crippen molar-refractivity contribution in [1.29, 1.82) is 0 Å². The van der Waals surface area contributed by atoms with E-state index in [0.29, 0.717) is 11.8 Å². The molecule has 2 fully saturated rings. The van der Waals surface area contributed by atoms with Gasteiger partial charge in [0.1, 0.15) is 11.6 Å². The molecule has 0 spiro atoms. The first kappa shape index (κ1) is 17.9. The third-order valence-electron chi connectivity index (χ3n) is 5.78. The van der Waals surface area contributed by atoms with Crippen LogP contribution in [0.1, 0.15) is 19.3 Å². The van der Waals surface area contributed by atoms with Gasteiger partial charge < -0.3 is 9.47 Å². The number of hydrogen-bond donors (Lipinski definition) is 0. The summed E-state index contributed by atoms with van der Waals surface area (Å²) in [5, 5.41) is 0. The Bertz CT molecular complexity index is 1040. The van der Waals surface area contributed by atoms with Crippen molar-refractivity contribution in [2.75, 3.05) is 13.1 Å². The molecule has 2 aromatic carbocycles. The predicted octanol–water partition coefficient (Wildman–Crippen LogP) is 4.86. The molecule has 0 unspecified atom stereocenters. The van der Waals surface area contributed by atoms with Crippen molar-refractivity contribution >= 4 is 32.9 Å². The van der Waals surface area contributed by atoms with Crippen molar-refractivity contribution in [3.05, 3.63) is 52.8 Å². The van der Waals surface area contributed by atoms with Gasteiger partial charge in [-0.25, -0.2) is 9.37 Å². The minimum atomic E-state index is -0.257. The van der Waals surface area contributed by atoms with Crippen LogP contribution in [0.5, 0.6) is 0 Å². The number of carbonyl (C=O) groups excluding carboxylic acids is 1. The van der Waals surface area contributed by atoms with Crippen LogP contribution in [0, 0.1) is 17.7 Å². The van der Waals surface area contributed by atoms with Gasteiger partial charge in [0.2, 0.25) is 5.91 Å². The summed E-state index contributed by atoms with van der Waals surface area (Å²) >= 11 is 3.47. The van der Waals surface area contributed by atoms with E-state index in [1.165, 1.54) is 6.07 Å². The molecule has 0 N–H and O–H groups in total. The fourth-order valence-corrected chi connectivity index (χ4v) is 4.39. The lowest BCUT2D eigenvalue weighted by Crippen LogP contribution is -2.30. The molecule has 1 aromatic heterocycles. The summed E-state index contributed by atoms with van der Waals surface area (Å²) in [5.74, 6) is 1.53. The van der Waals surface area contributed by atoms with Crippen molar-refractivity contribution in [1.82, 2.24) is 14.5 Å². The van der Waals surface area contributed by atoms with Gasteiger partial charge >= 0.3 is 0 Å². The zero-order chi connectivity index (χ0) is 19.3. The molecule has 1 saturated heterocycles. The average molecular weight is 442 g/mol. The first-order valence-electron chi connectivity index (χ1n) is 9.79. The highest BCUT2D eigenvalue weighted by Crippen LogP contribution is 2.34. The van der Waals surface area contributed by atoms with Gasteiger partial charge in [0.05, 0.1) is 11.0 Å². The molecule has 1 aliphatic heterocycles. The van der Waals surface area contributed by atoms with Crippen LogP contribution in [-0.4, -0.2) is 33.4 Å². The van der Waals surface area contributed by atoms with E-state index >= 15 is 0 Å². The number of hydrogen-bond acceptors (Lipinski definition) is 2. The lowest BCUT2D eigenvalue weighted by molar-refractivity contribution is -0.131. The number of imidazole rings is 1. The molecule has 0 bridgehead atoms. The molecule has 4 nitrogen and oxygen atoms in total. The minimum Gasteiger partial charge on any atom is -0.342 e. The number of carbonyl (C=O) groups is 1. The minimum absolute atomic E-state index is 0.257. The number of likely N-dealkylation sites (tertiary alicyclic amines) is 1. The van der Waals surface area contributed by atoms with Crippen molar-refractivity contribution in [3.63, 3.8) is 0 Å². The van der Waals surface area contributed by atoms with E-state index in [2.05, 4.69) is 20.5 Å². The number of nitrogens with zero attached hydrogens (tertiary/aromatic N) is 3. The topological polar surface area (TPSA) is 38.1 Å². The molecule has 1 aliphatic carbocycles. The predicted molar refractivity (Wildman–Crippen MR) is 110 cm³/mol. The normalized spacial score (nSPS) is 19.5. The van der Waals surface area contributed by atoms with E-state index in [1.807, 2.05) is 29.2 Å². The molecule has 1 amide bonds. The number of halogens is 2. The summed E-state index contributed by atoms with van der Waals surface area (Å²) in [6.45, 7) is 2.35. The Morgan fingerprint density at radius 2 is 1.93 bits per heavy atom. The third-order valence-corrected chi connectivity index (χ3v) is 6.31. The van der Waals surface area contributed by atoms with E-state index in [4.69, 9.17) is 4.98 Å². The first-order chi connectivity index (χ1) is 13.6. The second kappa shape index (κ2) is 6.99. The van der Waals surface area contributed by atoms with E-state index < -0.39 is 0 Å². The van der Waals surface area contributed by atoms with Crippen molar-refractivity contribution in [2.24, 2.45) is 11.8 Å². The largest absolute Gasteiger partial charge is 0.342 e. The smallest absolute Gasteiger partial charge is 0.225 e. The highest BCUT2D eigenvalue weighted by molar-refractivity contribution is 9.10. The van der Waals surface area contributed by atoms with Gasteiger partial charge in [-0.1, -0.05) is 28.1 Å². The SMILES string of the molecule is O=C(C1CC1)N1CC[C@H](Cn2c(-c3ccc(Br)cc3)nc3ccc(F)cc32)C1. The molecule has 3 aromatic rings. The van der Waals surface area contributed by atoms with Crippen LogP contribution in [0.25, 0.3) is 22.4 Å². The average Bonchev–Trinajstić information content (AvgIpc) is 3.35. The lowest BCUT2D eigenvalue weighted by Gasteiger charge is -2.18. The molecular formula is C22H21BrFN3O. The lowest BCUT2D eigenvalue weighted by atomic mass is 10.1. The maximum absolute atomic E-state index is 14.0. The number of aromatic nitrogens is 2. The van der Waals surface area contributed by atoms with Gasteiger partial charge in [0, 0.05) is 35.6 Å². The first-order valence-corrected chi connectivity index (χ1v) is 10.6. The van der Waals surface area contributed by atoms with E-state index in [9.17, 15) is 9.18 Å². The van der Waals surface area contributed by atoms with Crippen LogP contribution < -0.4 is 0 Å². The zero-order valence-electron chi connectivity index (χ0n) is 15.4. The molecular weight excluding hydrogens is 421 g/mol. The summed E-state index contributed by atoms with van der Waals surface area (Å²) < 4.78 is 17.1. The van der Waals surface area contributed by atoms with Crippen molar-refractivity contribution < 1.29 is 9.18 Å². The van der Waals surface area contributed by atoms with Gasteiger partial charge in [0.25, 0.3) is 0 Å². The molecule has 144 valence electrons. The Kier molecular flexibility index (Phi) is 4.46. The summed E-state index contributed by atoms with van der Waals surface area (Å²) in [6, 6.07) is 12.8. The molecule has 6 heteroatoms. The molecule has 28 heavy (non-hydrogen) atoms. The van der Waals surface area contributed by atoms with Crippen LogP contribution in [0.3, 0.4) is 0 Å². The molecule has 0 radical (unpaired) electrons. The highest BCUT2D eigenvalue weighted by atomic mass is 79.9. The van der Waals surface area contributed by atoms with E-state index in [-0.39, 0.29) is 11.7 Å². The molecule has 2 aliphatic rings. The number of amides is 1. The molecule has 1 atom stereocenters. The Labute approximate surface area is 171 Å². The van der Waals surface area contributed by atoms with Crippen LogP contribution >= 0.6 is 15.9 Å². The zero-order valence-corrected chi connectivity index (χ0v) is 17.0. The van der Waals surface area contributed by atoms with Crippen LogP contribution in [-0.2, 0) is 11.3 Å². The van der Waals surface area contributed by atoms with Crippen molar-refractivity contribution in [2.45, 2.75) is 25.8 Å². The number of fused-ring (bicyclic) bond motifs is 1. The van der Waals surface area contributed by atoms with Crippen LogP contribution in [0.2, 0.25) is 0 Å². The van der Waals surface area contributed by atoms with Gasteiger partial charge in [-0.15, -0.1) is 0 Å². The Balaban J connectivity index is 1.48. The summed E-state index contributed by atoms with van der Waals surface area (Å²) in [4.78, 5) is 19.2. The van der Waals surface area contributed by atoms with Crippen molar-refractivity contribution in [3.8, 4) is 11.4 Å². The highest BCUT2D eigenvalue weighted by Gasteiger charge is 2.36. The Morgan fingerprint density at radius 3 is 2.68 bits per heavy atom. The fourth-order valence-electron chi connectivity index (χ4n) is 4.13. The van der Waals surface area contributed by atoms with Crippen LogP contribution in [0.15, 0.2) is 46.9 Å². The van der Waals surface area contributed by atoms with E-state index in [0.717, 1.165) is 65.8 Å². The fraction of sp³-hybridized carbons (Fsp3) is 0.364.